The maximum absolute atomic E-state index is 12.5. The number of para-hydroxylation sites is 1. The molecule has 2 aromatic carbocycles. The molecular weight excluding hydrogens is 483 g/mol. The molecule has 0 radical (unpaired) electrons. The largest absolute Gasteiger partial charge is 0.493 e. The van der Waals surface area contributed by atoms with Crippen LogP contribution in [-0.4, -0.2) is 39.9 Å². The van der Waals surface area contributed by atoms with Gasteiger partial charge < -0.3 is 24.8 Å². The van der Waals surface area contributed by atoms with Crippen molar-refractivity contribution >= 4 is 29.9 Å². The zero-order valence-corrected chi connectivity index (χ0v) is 18.0. The van der Waals surface area contributed by atoms with Crippen LogP contribution in [0.4, 0.5) is 8.78 Å². The van der Waals surface area contributed by atoms with Crippen LogP contribution in [0.15, 0.2) is 53.5 Å². The fourth-order valence-corrected chi connectivity index (χ4v) is 2.28. The van der Waals surface area contributed by atoms with Crippen LogP contribution in [0.1, 0.15) is 5.56 Å². The summed E-state index contributed by atoms with van der Waals surface area (Å²) in [5, 5.41) is 6.22. The van der Waals surface area contributed by atoms with Gasteiger partial charge in [-0.05, 0) is 29.8 Å². The molecule has 2 aromatic rings. The zero-order chi connectivity index (χ0) is 19.5. The Morgan fingerprint density at radius 1 is 1.07 bits per heavy atom. The third kappa shape index (κ3) is 8.15. The number of aliphatic imine (C=N–C) groups is 1. The van der Waals surface area contributed by atoms with Crippen molar-refractivity contribution in [3.05, 3.63) is 54.1 Å². The topological polar surface area (TPSA) is 64.1 Å². The molecule has 154 valence electrons. The predicted octanol–water partition coefficient (Wildman–Crippen LogP) is 3.66. The number of nitrogens with zero attached hydrogens (tertiary/aromatic N) is 1. The first-order valence-electron chi connectivity index (χ1n) is 8.36. The lowest BCUT2D eigenvalue weighted by atomic mass is 10.2. The first-order valence-corrected chi connectivity index (χ1v) is 8.36. The van der Waals surface area contributed by atoms with Crippen LogP contribution in [0.5, 0.6) is 17.2 Å². The highest BCUT2D eigenvalue weighted by Gasteiger charge is 2.11. The molecule has 0 bridgehead atoms. The molecule has 0 aromatic heterocycles. The third-order valence-corrected chi connectivity index (χ3v) is 3.53. The predicted molar refractivity (Wildman–Crippen MR) is 115 cm³/mol. The molecule has 0 unspecified atom stereocenters. The maximum atomic E-state index is 12.5. The number of benzene rings is 2. The van der Waals surface area contributed by atoms with Gasteiger partial charge in [0.05, 0.1) is 13.7 Å². The van der Waals surface area contributed by atoms with Crippen molar-refractivity contribution in [2.75, 3.05) is 27.3 Å². The number of nitrogens with one attached hydrogen (secondary N) is 2. The molecule has 0 atom stereocenters. The lowest BCUT2D eigenvalue weighted by Crippen LogP contribution is -2.38. The van der Waals surface area contributed by atoms with Crippen LogP contribution < -0.4 is 24.8 Å². The van der Waals surface area contributed by atoms with Crippen LogP contribution in [0.2, 0.25) is 0 Å². The van der Waals surface area contributed by atoms with Crippen LogP contribution in [-0.2, 0) is 6.54 Å². The second-order valence-electron chi connectivity index (χ2n) is 5.38. The molecule has 9 heteroatoms. The highest BCUT2D eigenvalue weighted by Crippen LogP contribution is 2.29. The lowest BCUT2D eigenvalue weighted by molar-refractivity contribution is -0.0512. The van der Waals surface area contributed by atoms with E-state index in [2.05, 4.69) is 20.4 Å². The molecule has 6 nitrogen and oxygen atoms in total. The number of guanidine groups is 1. The summed E-state index contributed by atoms with van der Waals surface area (Å²) in [6, 6.07) is 14.4. The van der Waals surface area contributed by atoms with Gasteiger partial charge in [-0.3, -0.25) is 4.99 Å². The Balaban J connectivity index is 0.00000392. The number of alkyl halides is 2. The Bertz CT molecular complexity index is 734. The molecule has 0 heterocycles. The average Bonchev–Trinajstić information content (AvgIpc) is 2.68. The molecule has 0 aliphatic carbocycles. The van der Waals surface area contributed by atoms with E-state index < -0.39 is 6.61 Å². The molecule has 0 aliphatic heterocycles. The van der Waals surface area contributed by atoms with E-state index in [4.69, 9.17) is 9.47 Å². The maximum Gasteiger partial charge on any atom is 0.387 e. The minimum Gasteiger partial charge on any atom is -0.493 e. The van der Waals surface area contributed by atoms with E-state index in [-0.39, 0.29) is 35.5 Å². The van der Waals surface area contributed by atoms with E-state index in [1.807, 2.05) is 30.3 Å². The highest BCUT2D eigenvalue weighted by molar-refractivity contribution is 14.0. The summed E-state index contributed by atoms with van der Waals surface area (Å²) in [4.78, 5) is 4.12. The van der Waals surface area contributed by atoms with Gasteiger partial charge in [0.1, 0.15) is 12.4 Å². The molecule has 0 saturated heterocycles. The van der Waals surface area contributed by atoms with Crippen LogP contribution in [0.25, 0.3) is 0 Å². The second-order valence-corrected chi connectivity index (χ2v) is 5.38. The highest BCUT2D eigenvalue weighted by atomic mass is 127. The number of hydrogen-bond donors (Lipinski definition) is 2. The van der Waals surface area contributed by atoms with E-state index in [1.54, 1.807) is 19.2 Å². The first kappa shape index (κ1) is 23.7. The van der Waals surface area contributed by atoms with Gasteiger partial charge in [0.15, 0.2) is 17.5 Å². The van der Waals surface area contributed by atoms with Gasteiger partial charge in [0, 0.05) is 13.6 Å². The number of methoxy groups -OCH3 is 1. The van der Waals surface area contributed by atoms with E-state index in [0.29, 0.717) is 25.7 Å². The molecule has 0 spiro atoms. The molecule has 2 rings (SSSR count). The lowest BCUT2D eigenvalue weighted by Gasteiger charge is -2.14. The number of hydrogen-bond acceptors (Lipinski definition) is 4. The van der Waals surface area contributed by atoms with Crippen molar-refractivity contribution < 1.29 is 23.0 Å². The fraction of sp³-hybridized carbons (Fsp3) is 0.316. The summed E-state index contributed by atoms with van der Waals surface area (Å²) in [7, 11) is 3.04. The van der Waals surface area contributed by atoms with Gasteiger partial charge in [0.25, 0.3) is 0 Å². The van der Waals surface area contributed by atoms with Crippen molar-refractivity contribution in [1.29, 1.82) is 0 Å². The van der Waals surface area contributed by atoms with Gasteiger partial charge in [-0.2, -0.15) is 8.78 Å². The van der Waals surface area contributed by atoms with E-state index >= 15 is 0 Å². The SMILES string of the molecule is CN=C(NCCOc1ccccc1)NCc1ccc(OC)c(OC(F)F)c1.I. The Morgan fingerprint density at radius 3 is 2.46 bits per heavy atom. The minimum atomic E-state index is -2.92. The van der Waals surface area contributed by atoms with Crippen molar-refractivity contribution in [2.24, 2.45) is 4.99 Å². The minimum absolute atomic E-state index is 0. The Hall–Kier alpha value is -2.30. The van der Waals surface area contributed by atoms with Crippen LogP contribution in [0.3, 0.4) is 0 Å². The summed E-state index contributed by atoms with van der Waals surface area (Å²) in [5.41, 5.74) is 0.745. The summed E-state index contributed by atoms with van der Waals surface area (Å²) in [6.45, 7) is -1.51. The smallest absolute Gasteiger partial charge is 0.387 e. The van der Waals surface area contributed by atoms with Crippen molar-refractivity contribution in [3.8, 4) is 17.2 Å². The Kier molecular flexibility index (Phi) is 11.0. The number of ether oxygens (including phenoxy) is 3. The van der Waals surface area contributed by atoms with Gasteiger partial charge in [-0.15, -0.1) is 24.0 Å². The second kappa shape index (κ2) is 13.0. The molecular formula is C19H24F2IN3O3. The fourth-order valence-electron chi connectivity index (χ4n) is 2.28. The molecule has 2 N–H and O–H groups in total. The molecule has 28 heavy (non-hydrogen) atoms. The molecule has 0 saturated carbocycles. The monoisotopic (exact) mass is 507 g/mol. The quantitative estimate of drug-likeness (QED) is 0.235. The summed E-state index contributed by atoms with van der Waals surface area (Å²) in [5.74, 6) is 1.61. The molecule has 0 fully saturated rings. The average molecular weight is 507 g/mol. The normalized spacial score (nSPS) is 10.8. The summed E-state index contributed by atoms with van der Waals surface area (Å²) in [6.07, 6.45) is 0. The van der Waals surface area contributed by atoms with E-state index in [9.17, 15) is 8.78 Å². The Morgan fingerprint density at radius 2 is 1.82 bits per heavy atom. The number of rotatable bonds is 9. The Labute approximate surface area is 180 Å². The number of halogens is 3. The van der Waals surface area contributed by atoms with Crippen LogP contribution >= 0.6 is 24.0 Å². The van der Waals surface area contributed by atoms with E-state index in [1.165, 1.54) is 13.2 Å². The van der Waals surface area contributed by atoms with E-state index in [0.717, 1.165) is 11.3 Å². The van der Waals surface area contributed by atoms with Gasteiger partial charge in [-0.25, -0.2) is 0 Å². The van der Waals surface area contributed by atoms with Crippen molar-refractivity contribution in [2.45, 2.75) is 13.2 Å². The third-order valence-electron chi connectivity index (χ3n) is 3.53. The van der Waals surface area contributed by atoms with Crippen LogP contribution in [0, 0.1) is 0 Å². The summed E-state index contributed by atoms with van der Waals surface area (Å²) < 4.78 is 40.1. The standard InChI is InChI=1S/C19H23F2N3O3.HI/c1-22-19(23-10-11-26-15-6-4-3-5-7-15)24-13-14-8-9-16(25-2)17(12-14)27-18(20)21;/h3-9,12,18H,10-11,13H2,1-2H3,(H2,22,23,24);1H. The zero-order valence-electron chi connectivity index (χ0n) is 15.7. The molecule has 0 amide bonds. The van der Waals surface area contributed by atoms with Crippen molar-refractivity contribution in [3.63, 3.8) is 0 Å². The van der Waals surface area contributed by atoms with Gasteiger partial charge in [-0.1, -0.05) is 24.3 Å². The first-order chi connectivity index (χ1) is 13.1. The van der Waals surface area contributed by atoms with Gasteiger partial charge >= 0.3 is 6.61 Å². The van der Waals surface area contributed by atoms with Crippen molar-refractivity contribution in [1.82, 2.24) is 10.6 Å². The summed E-state index contributed by atoms with van der Waals surface area (Å²) >= 11 is 0. The molecule has 0 aliphatic rings. The van der Waals surface area contributed by atoms with Gasteiger partial charge in [0.2, 0.25) is 0 Å².